The summed E-state index contributed by atoms with van der Waals surface area (Å²) in [6, 6.07) is 15.2. The molecule has 0 radical (unpaired) electrons. The van der Waals surface area contributed by atoms with Crippen molar-refractivity contribution in [3.8, 4) is 11.5 Å². The van der Waals surface area contributed by atoms with Gasteiger partial charge in [-0.3, -0.25) is 0 Å². The standard InChI is InChI=1S/C18H23NO2.ClH/c1-2-3-9-17(19)16-11-10-15(12-18(16)20)21-13-14-7-5-4-6-8-14;/h4-8,10-12,17,20H,2-3,9,13,19H2,1H3;1H/t17-;/m1./s1. The molecule has 0 aromatic heterocycles. The second-order valence-electron chi connectivity index (χ2n) is 5.24. The van der Waals surface area contributed by atoms with Crippen molar-refractivity contribution in [1.29, 1.82) is 0 Å². The highest BCUT2D eigenvalue weighted by atomic mass is 35.5. The maximum atomic E-state index is 10.1. The summed E-state index contributed by atoms with van der Waals surface area (Å²) >= 11 is 0. The van der Waals surface area contributed by atoms with Crippen LogP contribution in [-0.4, -0.2) is 5.11 Å². The van der Waals surface area contributed by atoms with E-state index in [1.54, 1.807) is 6.07 Å². The zero-order valence-electron chi connectivity index (χ0n) is 12.9. The zero-order chi connectivity index (χ0) is 15.1. The molecule has 120 valence electrons. The molecule has 2 rings (SSSR count). The number of phenols is 1. The van der Waals surface area contributed by atoms with Gasteiger partial charge in [0, 0.05) is 17.7 Å². The lowest BCUT2D eigenvalue weighted by molar-refractivity contribution is 0.304. The summed E-state index contributed by atoms with van der Waals surface area (Å²) in [7, 11) is 0. The minimum Gasteiger partial charge on any atom is -0.507 e. The van der Waals surface area contributed by atoms with E-state index >= 15 is 0 Å². The van der Waals surface area contributed by atoms with E-state index in [1.807, 2.05) is 42.5 Å². The number of halogens is 1. The number of nitrogens with two attached hydrogens (primary N) is 1. The lowest BCUT2D eigenvalue weighted by atomic mass is 10.0. The van der Waals surface area contributed by atoms with Crippen molar-refractivity contribution in [2.24, 2.45) is 5.73 Å². The van der Waals surface area contributed by atoms with Crippen molar-refractivity contribution in [3.63, 3.8) is 0 Å². The van der Waals surface area contributed by atoms with Gasteiger partial charge in [-0.25, -0.2) is 0 Å². The summed E-state index contributed by atoms with van der Waals surface area (Å²) in [5, 5.41) is 10.1. The Morgan fingerprint density at radius 2 is 1.86 bits per heavy atom. The van der Waals surface area contributed by atoms with E-state index < -0.39 is 0 Å². The largest absolute Gasteiger partial charge is 0.507 e. The van der Waals surface area contributed by atoms with Crippen molar-refractivity contribution in [3.05, 3.63) is 59.7 Å². The average molecular weight is 322 g/mol. The van der Waals surface area contributed by atoms with Crippen LogP contribution in [0.3, 0.4) is 0 Å². The summed E-state index contributed by atoms with van der Waals surface area (Å²) in [4.78, 5) is 0. The number of unbranched alkanes of at least 4 members (excludes halogenated alkanes) is 1. The van der Waals surface area contributed by atoms with Gasteiger partial charge in [-0.2, -0.15) is 0 Å². The number of aromatic hydroxyl groups is 1. The minimum absolute atomic E-state index is 0. The quantitative estimate of drug-likeness (QED) is 0.784. The van der Waals surface area contributed by atoms with Crippen LogP contribution in [0.4, 0.5) is 0 Å². The van der Waals surface area contributed by atoms with Crippen LogP contribution < -0.4 is 10.5 Å². The van der Waals surface area contributed by atoms with Crippen molar-refractivity contribution in [2.45, 2.75) is 38.8 Å². The number of benzene rings is 2. The summed E-state index contributed by atoms with van der Waals surface area (Å²) in [5.74, 6) is 0.868. The van der Waals surface area contributed by atoms with Crippen molar-refractivity contribution >= 4 is 12.4 Å². The molecule has 2 aromatic rings. The maximum absolute atomic E-state index is 10.1. The third-order valence-electron chi connectivity index (χ3n) is 3.52. The number of hydrogen-bond donors (Lipinski definition) is 2. The molecule has 22 heavy (non-hydrogen) atoms. The predicted octanol–water partition coefficient (Wildman–Crippen LogP) is 4.58. The van der Waals surface area contributed by atoms with Gasteiger partial charge in [0.25, 0.3) is 0 Å². The number of rotatable bonds is 7. The Labute approximate surface area is 138 Å². The van der Waals surface area contributed by atoms with Crippen molar-refractivity contribution in [2.75, 3.05) is 0 Å². The second-order valence-corrected chi connectivity index (χ2v) is 5.24. The Balaban J connectivity index is 0.00000242. The van der Waals surface area contributed by atoms with Crippen LogP contribution in [-0.2, 0) is 6.61 Å². The van der Waals surface area contributed by atoms with E-state index in [1.165, 1.54) is 0 Å². The molecule has 1 atom stereocenters. The summed E-state index contributed by atoms with van der Waals surface area (Å²) in [5.41, 5.74) is 7.98. The van der Waals surface area contributed by atoms with Gasteiger partial charge in [0.05, 0.1) is 0 Å². The first-order valence-corrected chi connectivity index (χ1v) is 7.46. The van der Waals surface area contributed by atoms with Crippen LogP contribution in [0, 0.1) is 0 Å². The molecule has 0 spiro atoms. The third-order valence-corrected chi connectivity index (χ3v) is 3.52. The van der Waals surface area contributed by atoms with E-state index in [0.717, 1.165) is 30.4 Å². The Kier molecular flexibility index (Phi) is 7.78. The van der Waals surface area contributed by atoms with Crippen LogP contribution in [0.1, 0.15) is 43.4 Å². The summed E-state index contributed by atoms with van der Waals surface area (Å²) in [6.45, 7) is 2.62. The fourth-order valence-corrected chi connectivity index (χ4v) is 2.25. The smallest absolute Gasteiger partial charge is 0.124 e. The highest BCUT2D eigenvalue weighted by Gasteiger charge is 2.11. The number of phenolic OH excluding ortho intramolecular Hbond substituents is 1. The molecule has 0 aliphatic rings. The van der Waals surface area contributed by atoms with Crippen molar-refractivity contribution in [1.82, 2.24) is 0 Å². The van der Waals surface area contributed by atoms with Crippen LogP contribution in [0.2, 0.25) is 0 Å². The molecule has 3 N–H and O–H groups in total. The van der Waals surface area contributed by atoms with E-state index in [4.69, 9.17) is 10.5 Å². The molecule has 0 unspecified atom stereocenters. The second kappa shape index (κ2) is 9.34. The monoisotopic (exact) mass is 321 g/mol. The molecular formula is C18H24ClNO2. The Morgan fingerprint density at radius 3 is 2.50 bits per heavy atom. The maximum Gasteiger partial charge on any atom is 0.124 e. The molecule has 0 fully saturated rings. The fraction of sp³-hybridized carbons (Fsp3) is 0.333. The highest BCUT2D eigenvalue weighted by Crippen LogP contribution is 2.30. The van der Waals surface area contributed by atoms with Crippen molar-refractivity contribution < 1.29 is 9.84 Å². The summed E-state index contributed by atoms with van der Waals surface area (Å²) in [6.07, 6.45) is 3.05. The molecule has 0 saturated heterocycles. The Hall–Kier alpha value is -1.71. The van der Waals surface area contributed by atoms with Crippen LogP contribution in [0.5, 0.6) is 11.5 Å². The molecule has 2 aromatic carbocycles. The first-order chi connectivity index (χ1) is 10.2. The fourth-order valence-electron chi connectivity index (χ4n) is 2.25. The van der Waals surface area contributed by atoms with E-state index in [0.29, 0.717) is 12.4 Å². The van der Waals surface area contributed by atoms with Gasteiger partial charge in [-0.15, -0.1) is 12.4 Å². The van der Waals surface area contributed by atoms with Gasteiger partial charge in [-0.1, -0.05) is 56.2 Å². The van der Waals surface area contributed by atoms with Gasteiger partial charge in [0.2, 0.25) is 0 Å². The molecule has 0 heterocycles. The molecule has 0 amide bonds. The normalized spacial score (nSPS) is 11.5. The van der Waals surface area contributed by atoms with Gasteiger partial charge in [-0.05, 0) is 18.1 Å². The topological polar surface area (TPSA) is 55.5 Å². The summed E-state index contributed by atoms with van der Waals surface area (Å²) < 4.78 is 5.69. The van der Waals surface area contributed by atoms with Crippen LogP contribution in [0.25, 0.3) is 0 Å². The van der Waals surface area contributed by atoms with Gasteiger partial charge >= 0.3 is 0 Å². The number of hydrogen-bond acceptors (Lipinski definition) is 3. The molecule has 0 aliphatic heterocycles. The van der Waals surface area contributed by atoms with Gasteiger partial charge in [0.1, 0.15) is 18.1 Å². The molecule has 0 saturated carbocycles. The minimum atomic E-state index is -0.117. The van der Waals surface area contributed by atoms with E-state index in [-0.39, 0.29) is 24.2 Å². The molecule has 3 nitrogen and oxygen atoms in total. The Bertz CT molecular complexity index is 560. The highest BCUT2D eigenvalue weighted by molar-refractivity contribution is 5.85. The van der Waals surface area contributed by atoms with Gasteiger partial charge < -0.3 is 15.6 Å². The molecular weight excluding hydrogens is 298 g/mol. The first-order valence-electron chi connectivity index (χ1n) is 7.46. The SMILES string of the molecule is CCCC[C@@H](N)c1ccc(OCc2ccccc2)cc1O.Cl. The van der Waals surface area contributed by atoms with E-state index in [9.17, 15) is 5.11 Å². The molecule has 0 bridgehead atoms. The molecule has 4 heteroatoms. The Morgan fingerprint density at radius 1 is 1.14 bits per heavy atom. The molecule has 0 aliphatic carbocycles. The predicted molar refractivity (Wildman–Crippen MR) is 92.6 cm³/mol. The average Bonchev–Trinajstić information content (AvgIpc) is 2.51. The zero-order valence-corrected chi connectivity index (χ0v) is 13.7. The first kappa shape index (κ1) is 18.3. The van der Waals surface area contributed by atoms with Crippen LogP contribution in [0.15, 0.2) is 48.5 Å². The van der Waals surface area contributed by atoms with E-state index in [2.05, 4.69) is 6.92 Å². The van der Waals surface area contributed by atoms with Crippen LogP contribution >= 0.6 is 12.4 Å². The van der Waals surface area contributed by atoms with Gasteiger partial charge in [0.15, 0.2) is 0 Å². The third kappa shape index (κ3) is 5.24. The number of ether oxygens (including phenoxy) is 1. The lowest BCUT2D eigenvalue weighted by Crippen LogP contribution is -2.10. The lowest BCUT2D eigenvalue weighted by Gasteiger charge is -2.14.